The molecule has 0 saturated heterocycles. The minimum atomic E-state index is -3.83. The SMILES string of the molecule is O=P(O[C@H](CCl)CBr)(O[C@H](CCl)CBr)O[C@H](CCl)CBr. The lowest BCUT2D eigenvalue weighted by Gasteiger charge is -2.27. The summed E-state index contributed by atoms with van der Waals surface area (Å²) < 4.78 is 28.8. The first kappa shape index (κ1) is 22.4. The van der Waals surface area contributed by atoms with E-state index in [-0.39, 0.29) is 17.6 Å². The van der Waals surface area contributed by atoms with Crippen LogP contribution in [0.15, 0.2) is 0 Å². The predicted molar refractivity (Wildman–Crippen MR) is 95.8 cm³/mol. The van der Waals surface area contributed by atoms with E-state index in [2.05, 4.69) is 47.8 Å². The molecule has 0 aliphatic heterocycles. The molecule has 0 fully saturated rings. The van der Waals surface area contributed by atoms with E-state index in [1.165, 1.54) is 0 Å². The molecular weight excluding hydrogens is 549 g/mol. The van der Waals surface area contributed by atoms with Crippen molar-refractivity contribution < 1.29 is 18.1 Å². The van der Waals surface area contributed by atoms with Crippen molar-refractivity contribution in [2.45, 2.75) is 18.3 Å². The van der Waals surface area contributed by atoms with Gasteiger partial charge in [0.1, 0.15) is 0 Å². The highest BCUT2D eigenvalue weighted by Crippen LogP contribution is 2.53. The van der Waals surface area contributed by atoms with E-state index in [0.717, 1.165) is 0 Å². The van der Waals surface area contributed by atoms with Gasteiger partial charge < -0.3 is 0 Å². The molecule has 0 bridgehead atoms. The van der Waals surface area contributed by atoms with Gasteiger partial charge in [-0.05, 0) is 0 Å². The smallest absolute Gasteiger partial charge is 0.281 e. The molecule has 0 N–H and O–H groups in total. The average Bonchev–Trinajstić information content (AvgIpc) is 2.48. The maximum atomic E-state index is 12.7. The number of rotatable bonds is 12. The Hall–Kier alpha value is 2.42. The monoisotopic (exact) mass is 560 g/mol. The molecule has 0 radical (unpaired) electrons. The van der Waals surface area contributed by atoms with Crippen LogP contribution in [-0.2, 0) is 18.1 Å². The van der Waals surface area contributed by atoms with Gasteiger partial charge in [-0.15, -0.1) is 34.8 Å². The highest BCUT2D eigenvalue weighted by molar-refractivity contribution is 9.09. The number of hydrogen-bond acceptors (Lipinski definition) is 4. The maximum absolute atomic E-state index is 12.7. The third kappa shape index (κ3) is 8.90. The number of halogens is 6. The highest BCUT2D eigenvalue weighted by atomic mass is 79.9. The van der Waals surface area contributed by atoms with Gasteiger partial charge in [-0.25, -0.2) is 4.57 Å². The van der Waals surface area contributed by atoms with Crippen LogP contribution in [0.4, 0.5) is 0 Å². The molecule has 0 amide bonds. The molecule has 4 nitrogen and oxygen atoms in total. The second-order valence-corrected chi connectivity index (χ2v) is 7.95. The summed E-state index contributed by atoms with van der Waals surface area (Å²) in [6.45, 7) is 0. The van der Waals surface area contributed by atoms with E-state index in [4.69, 9.17) is 48.4 Å². The standard InChI is InChI=1S/C9H15Br3Cl3O4P/c10-1-7(4-13)17-20(16,18-8(2-11)5-14)19-9(3-12)6-15/h7-9H,1-6H2/t7-,8-,9-/m0/s1. The number of phosphoric acid groups is 1. The highest BCUT2D eigenvalue weighted by Gasteiger charge is 2.35. The fourth-order valence-electron chi connectivity index (χ4n) is 0.915. The molecule has 0 aliphatic carbocycles. The van der Waals surface area contributed by atoms with Gasteiger partial charge in [0.15, 0.2) is 0 Å². The molecule has 0 aliphatic rings. The van der Waals surface area contributed by atoms with Crippen LogP contribution in [0.2, 0.25) is 0 Å². The van der Waals surface area contributed by atoms with E-state index in [0.29, 0.717) is 16.0 Å². The summed E-state index contributed by atoms with van der Waals surface area (Å²) in [7, 11) is -3.83. The minimum absolute atomic E-state index is 0.141. The van der Waals surface area contributed by atoms with Gasteiger partial charge in [0.25, 0.3) is 0 Å². The molecule has 0 heterocycles. The van der Waals surface area contributed by atoms with Crippen LogP contribution < -0.4 is 0 Å². The minimum Gasteiger partial charge on any atom is -0.281 e. The lowest BCUT2D eigenvalue weighted by atomic mass is 10.5. The van der Waals surface area contributed by atoms with E-state index < -0.39 is 26.1 Å². The Balaban J connectivity index is 4.95. The Morgan fingerprint density at radius 3 is 1.15 bits per heavy atom. The summed E-state index contributed by atoms with van der Waals surface area (Å²) >= 11 is 26.8. The Morgan fingerprint density at radius 2 is 1.00 bits per heavy atom. The number of alkyl halides is 6. The maximum Gasteiger partial charge on any atom is 0.475 e. The van der Waals surface area contributed by atoms with Gasteiger partial charge in [-0.1, -0.05) is 47.8 Å². The van der Waals surface area contributed by atoms with Crippen molar-refractivity contribution in [1.29, 1.82) is 0 Å². The largest absolute Gasteiger partial charge is 0.475 e. The molecule has 0 aromatic carbocycles. The molecule has 0 aromatic rings. The van der Waals surface area contributed by atoms with Crippen molar-refractivity contribution in [1.82, 2.24) is 0 Å². The van der Waals surface area contributed by atoms with E-state index in [9.17, 15) is 4.57 Å². The van der Waals surface area contributed by atoms with Crippen LogP contribution in [0.3, 0.4) is 0 Å². The lowest BCUT2D eigenvalue weighted by molar-refractivity contribution is 0.0622. The summed E-state index contributed by atoms with van der Waals surface area (Å²) in [5.74, 6) is 0.422. The van der Waals surface area contributed by atoms with Crippen LogP contribution in [0.1, 0.15) is 0 Å². The fraction of sp³-hybridized carbons (Fsp3) is 1.00. The van der Waals surface area contributed by atoms with Crippen LogP contribution >= 0.6 is 90.4 Å². The Morgan fingerprint density at radius 1 is 0.750 bits per heavy atom. The molecule has 20 heavy (non-hydrogen) atoms. The second kappa shape index (κ2) is 12.8. The van der Waals surface area contributed by atoms with Crippen LogP contribution in [-0.4, -0.2) is 51.9 Å². The summed E-state index contributed by atoms with van der Waals surface area (Å²) in [6, 6.07) is 0. The van der Waals surface area contributed by atoms with E-state index >= 15 is 0 Å². The van der Waals surface area contributed by atoms with Gasteiger partial charge in [0, 0.05) is 16.0 Å². The van der Waals surface area contributed by atoms with Gasteiger partial charge in [0.05, 0.1) is 36.0 Å². The number of hydrogen-bond donors (Lipinski definition) is 0. The zero-order valence-electron chi connectivity index (χ0n) is 10.3. The molecule has 0 unspecified atom stereocenters. The third-order valence-corrected chi connectivity index (χ3v) is 6.74. The van der Waals surface area contributed by atoms with Crippen LogP contribution in [0.25, 0.3) is 0 Å². The first-order valence-electron chi connectivity index (χ1n) is 5.49. The van der Waals surface area contributed by atoms with Gasteiger partial charge in [0.2, 0.25) is 0 Å². The molecule has 122 valence electrons. The van der Waals surface area contributed by atoms with Crippen LogP contribution in [0, 0.1) is 0 Å². The van der Waals surface area contributed by atoms with Gasteiger partial charge in [-0.3, -0.25) is 13.6 Å². The topological polar surface area (TPSA) is 44.8 Å². The van der Waals surface area contributed by atoms with E-state index in [1.54, 1.807) is 0 Å². The van der Waals surface area contributed by atoms with Gasteiger partial charge in [-0.2, -0.15) is 0 Å². The van der Waals surface area contributed by atoms with Crippen LogP contribution in [0.5, 0.6) is 0 Å². The Labute approximate surface area is 159 Å². The summed E-state index contributed by atoms with van der Waals surface area (Å²) in [4.78, 5) is 0. The normalized spacial score (nSPS) is 16.9. The molecular formula is C9H15Br3Cl3O4P. The van der Waals surface area contributed by atoms with Crippen molar-refractivity contribution in [2.24, 2.45) is 0 Å². The zero-order valence-corrected chi connectivity index (χ0v) is 18.2. The quantitative estimate of drug-likeness (QED) is 0.243. The first-order valence-corrected chi connectivity index (χ1v) is 11.9. The molecule has 11 heteroatoms. The Kier molecular flexibility index (Phi) is 14.3. The molecule has 3 atom stereocenters. The first-order chi connectivity index (χ1) is 9.48. The summed E-state index contributed by atoms with van der Waals surface area (Å²) in [6.07, 6.45) is -1.54. The molecule has 0 aromatic heterocycles. The fourth-order valence-corrected chi connectivity index (χ4v) is 5.87. The lowest BCUT2D eigenvalue weighted by Crippen LogP contribution is -2.25. The second-order valence-electron chi connectivity index (χ2n) is 3.56. The predicted octanol–water partition coefficient (Wildman–Crippen LogP) is 5.15. The summed E-state index contributed by atoms with van der Waals surface area (Å²) in [5, 5.41) is 1.19. The summed E-state index contributed by atoms with van der Waals surface area (Å²) in [5.41, 5.74) is 0. The Bertz CT molecular complexity index is 249. The third-order valence-electron chi connectivity index (χ3n) is 1.87. The van der Waals surface area contributed by atoms with Crippen molar-refractivity contribution >= 4 is 90.4 Å². The van der Waals surface area contributed by atoms with Crippen molar-refractivity contribution in [3.8, 4) is 0 Å². The van der Waals surface area contributed by atoms with Crippen molar-refractivity contribution in [3.63, 3.8) is 0 Å². The average molecular weight is 564 g/mol. The molecule has 0 saturated carbocycles. The van der Waals surface area contributed by atoms with Crippen molar-refractivity contribution in [3.05, 3.63) is 0 Å². The van der Waals surface area contributed by atoms with Gasteiger partial charge >= 0.3 is 7.82 Å². The zero-order chi connectivity index (χ0) is 15.6. The van der Waals surface area contributed by atoms with E-state index in [1.807, 2.05) is 0 Å². The molecule has 0 spiro atoms. The number of phosphoric ester groups is 1. The van der Waals surface area contributed by atoms with Crippen molar-refractivity contribution in [2.75, 3.05) is 33.6 Å². The molecule has 0 rings (SSSR count).